The molecule has 3 nitrogen and oxygen atoms in total. The summed E-state index contributed by atoms with van der Waals surface area (Å²) >= 11 is 0. The molecule has 1 aromatic rings. The lowest BCUT2D eigenvalue weighted by Gasteiger charge is -2.28. The average molecular weight is 289 g/mol. The lowest BCUT2D eigenvalue weighted by Crippen LogP contribution is -2.36. The molecule has 0 radical (unpaired) electrons. The van der Waals surface area contributed by atoms with Crippen molar-refractivity contribution in [1.82, 2.24) is 5.32 Å². The van der Waals surface area contributed by atoms with E-state index in [0.29, 0.717) is 6.04 Å². The second-order valence-corrected chi connectivity index (χ2v) is 7.10. The van der Waals surface area contributed by atoms with E-state index >= 15 is 0 Å². The molecule has 3 rings (SSSR count). The van der Waals surface area contributed by atoms with Crippen LogP contribution in [0, 0.1) is 5.92 Å². The number of hydrogen-bond acceptors (Lipinski definition) is 3. The van der Waals surface area contributed by atoms with Crippen molar-refractivity contribution < 1.29 is 9.47 Å². The Morgan fingerprint density at radius 1 is 1.29 bits per heavy atom. The Balaban J connectivity index is 1.56. The number of nitrogens with one attached hydrogen (secondary N) is 1. The van der Waals surface area contributed by atoms with Crippen LogP contribution in [0.2, 0.25) is 0 Å². The normalized spacial score (nSPS) is 22.6. The lowest BCUT2D eigenvalue weighted by atomic mass is 9.92. The van der Waals surface area contributed by atoms with Crippen LogP contribution in [0.25, 0.3) is 0 Å². The Morgan fingerprint density at radius 3 is 2.81 bits per heavy atom. The van der Waals surface area contributed by atoms with Gasteiger partial charge in [0, 0.05) is 32.2 Å². The number of benzene rings is 1. The van der Waals surface area contributed by atoms with Crippen LogP contribution in [0.3, 0.4) is 0 Å². The fourth-order valence-electron chi connectivity index (χ4n) is 3.43. The van der Waals surface area contributed by atoms with Gasteiger partial charge in [0.15, 0.2) is 0 Å². The maximum Gasteiger partial charge on any atom is 0.123 e. The molecule has 0 spiro atoms. The van der Waals surface area contributed by atoms with Crippen molar-refractivity contribution in [3.05, 3.63) is 29.3 Å². The summed E-state index contributed by atoms with van der Waals surface area (Å²) in [6.07, 6.45) is 3.37. The second kappa shape index (κ2) is 5.98. The molecule has 21 heavy (non-hydrogen) atoms. The van der Waals surface area contributed by atoms with Gasteiger partial charge in [0.25, 0.3) is 0 Å². The minimum Gasteiger partial charge on any atom is -0.487 e. The van der Waals surface area contributed by atoms with Gasteiger partial charge < -0.3 is 14.8 Å². The molecule has 0 aromatic heterocycles. The highest BCUT2D eigenvalue weighted by atomic mass is 16.5. The van der Waals surface area contributed by atoms with Crippen LogP contribution in [0.1, 0.15) is 44.7 Å². The van der Waals surface area contributed by atoms with Crippen LogP contribution in [-0.2, 0) is 17.7 Å². The first kappa shape index (κ1) is 14.9. The van der Waals surface area contributed by atoms with Gasteiger partial charge in [0.2, 0.25) is 0 Å². The van der Waals surface area contributed by atoms with Gasteiger partial charge in [-0.3, -0.25) is 0 Å². The Kier molecular flexibility index (Phi) is 4.23. The molecular formula is C18H27NO2. The Morgan fingerprint density at radius 2 is 2.05 bits per heavy atom. The molecule has 3 heteroatoms. The fourth-order valence-corrected chi connectivity index (χ4v) is 3.43. The minimum absolute atomic E-state index is 0.0518. The number of ether oxygens (including phenoxy) is 2. The molecule has 2 aliphatic heterocycles. The molecule has 2 heterocycles. The molecule has 0 aliphatic carbocycles. The van der Waals surface area contributed by atoms with E-state index in [1.165, 1.54) is 24.0 Å². The van der Waals surface area contributed by atoms with Crippen LogP contribution < -0.4 is 10.1 Å². The van der Waals surface area contributed by atoms with Crippen LogP contribution in [-0.4, -0.2) is 24.9 Å². The average Bonchev–Trinajstić information content (AvgIpc) is 2.78. The van der Waals surface area contributed by atoms with Crippen molar-refractivity contribution in [2.45, 2.75) is 58.2 Å². The molecule has 1 atom stereocenters. The molecule has 2 aliphatic rings. The van der Waals surface area contributed by atoms with Crippen molar-refractivity contribution in [2.75, 3.05) is 13.2 Å². The van der Waals surface area contributed by atoms with Crippen molar-refractivity contribution in [1.29, 1.82) is 0 Å². The standard InChI is InChI=1S/C18H27NO2/c1-13(15-6-8-20-9-7-15)19-12-14-4-5-17-16(10-14)11-18(2,3)21-17/h4-5,10,13,15,19H,6-9,11-12H2,1-3H3. The van der Waals surface area contributed by atoms with E-state index in [1.807, 2.05) is 0 Å². The maximum absolute atomic E-state index is 5.94. The van der Waals surface area contributed by atoms with Crippen LogP contribution in [0.4, 0.5) is 0 Å². The third kappa shape index (κ3) is 3.58. The Labute approximate surface area is 128 Å². The molecule has 1 aromatic carbocycles. The minimum atomic E-state index is -0.0518. The first-order valence-corrected chi connectivity index (χ1v) is 8.15. The number of rotatable bonds is 4. The zero-order valence-corrected chi connectivity index (χ0v) is 13.4. The van der Waals surface area contributed by atoms with Gasteiger partial charge in [0.05, 0.1) is 0 Å². The first-order chi connectivity index (χ1) is 10.0. The molecule has 1 saturated heterocycles. The predicted octanol–water partition coefficient (Wildman–Crippen LogP) is 3.30. The van der Waals surface area contributed by atoms with Gasteiger partial charge in [-0.25, -0.2) is 0 Å². The summed E-state index contributed by atoms with van der Waals surface area (Å²) < 4.78 is 11.4. The van der Waals surface area contributed by atoms with Crippen LogP contribution in [0.15, 0.2) is 18.2 Å². The summed E-state index contributed by atoms with van der Waals surface area (Å²) in [7, 11) is 0. The number of hydrogen-bond donors (Lipinski definition) is 1. The fraction of sp³-hybridized carbons (Fsp3) is 0.667. The highest BCUT2D eigenvalue weighted by Gasteiger charge is 2.29. The van der Waals surface area contributed by atoms with Crippen molar-refractivity contribution >= 4 is 0 Å². The predicted molar refractivity (Wildman–Crippen MR) is 84.7 cm³/mol. The van der Waals surface area contributed by atoms with Gasteiger partial charge in [-0.15, -0.1) is 0 Å². The molecular weight excluding hydrogens is 262 g/mol. The van der Waals surface area contributed by atoms with Gasteiger partial charge >= 0.3 is 0 Å². The van der Waals surface area contributed by atoms with E-state index in [-0.39, 0.29) is 5.60 Å². The molecule has 0 amide bonds. The van der Waals surface area contributed by atoms with Crippen molar-refractivity contribution in [3.63, 3.8) is 0 Å². The lowest BCUT2D eigenvalue weighted by molar-refractivity contribution is 0.0558. The largest absolute Gasteiger partial charge is 0.487 e. The van der Waals surface area contributed by atoms with Crippen LogP contribution >= 0.6 is 0 Å². The highest BCUT2D eigenvalue weighted by molar-refractivity contribution is 5.41. The van der Waals surface area contributed by atoms with E-state index in [4.69, 9.17) is 9.47 Å². The first-order valence-electron chi connectivity index (χ1n) is 8.15. The molecule has 1 unspecified atom stereocenters. The molecule has 0 bridgehead atoms. The SMILES string of the molecule is CC(NCc1ccc2c(c1)CC(C)(C)O2)C1CCOCC1. The Hall–Kier alpha value is -1.06. The van der Waals surface area contributed by atoms with E-state index in [9.17, 15) is 0 Å². The maximum atomic E-state index is 5.94. The summed E-state index contributed by atoms with van der Waals surface area (Å²) in [5, 5.41) is 3.68. The van der Waals surface area contributed by atoms with E-state index in [0.717, 1.165) is 37.8 Å². The van der Waals surface area contributed by atoms with E-state index < -0.39 is 0 Å². The molecule has 0 saturated carbocycles. The molecule has 1 N–H and O–H groups in total. The van der Waals surface area contributed by atoms with E-state index in [2.05, 4.69) is 44.3 Å². The van der Waals surface area contributed by atoms with Gasteiger partial charge in [-0.2, -0.15) is 0 Å². The molecule has 1 fully saturated rings. The second-order valence-electron chi connectivity index (χ2n) is 7.10. The quantitative estimate of drug-likeness (QED) is 0.922. The zero-order chi connectivity index (χ0) is 14.9. The smallest absolute Gasteiger partial charge is 0.123 e. The third-order valence-corrected chi connectivity index (χ3v) is 4.73. The summed E-state index contributed by atoms with van der Waals surface area (Å²) in [5.74, 6) is 1.80. The summed E-state index contributed by atoms with van der Waals surface area (Å²) in [5.41, 5.74) is 2.65. The van der Waals surface area contributed by atoms with E-state index in [1.54, 1.807) is 0 Å². The van der Waals surface area contributed by atoms with Gasteiger partial charge in [-0.05, 0) is 56.7 Å². The Bertz CT molecular complexity index is 492. The summed E-state index contributed by atoms with van der Waals surface area (Å²) in [6, 6.07) is 7.16. The number of fused-ring (bicyclic) bond motifs is 1. The third-order valence-electron chi connectivity index (χ3n) is 4.73. The van der Waals surface area contributed by atoms with Crippen LogP contribution in [0.5, 0.6) is 5.75 Å². The van der Waals surface area contributed by atoms with Crippen molar-refractivity contribution in [2.24, 2.45) is 5.92 Å². The topological polar surface area (TPSA) is 30.5 Å². The summed E-state index contributed by atoms with van der Waals surface area (Å²) in [6.45, 7) is 9.38. The summed E-state index contributed by atoms with van der Waals surface area (Å²) in [4.78, 5) is 0. The monoisotopic (exact) mass is 289 g/mol. The van der Waals surface area contributed by atoms with Gasteiger partial charge in [0.1, 0.15) is 11.4 Å². The van der Waals surface area contributed by atoms with Crippen molar-refractivity contribution in [3.8, 4) is 5.75 Å². The molecule has 116 valence electrons. The van der Waals surface area contributed by atoms with Gasteiger partial charge in [-0.1, -0.05) is 12.1 Å². The zero-order valence-electron chi connectivity index (χ0n) is 13.4. The highest BCUT2D eigenvalue weighted by Crippen LogP contribution is 2.35.